The quantitative estimate of drug-likeness (QED) is 0.651. The summed E-state index contributed by atoms with van der Waals surface area (Å²) in [5.74, 6) is 0.983. The number of benzene rings is 1. The van der Waals surface area contributed by atoms with Gasteiger partial charge in [-0.15, -0.1) is 11.3 Å². The minimum Gasteiger partial charge on any atom is -0.493 e. The van der Waals surface area contributed by atoms with Crippen LogP contribution in [0.2, 0.25) is 0 Å². The van der Waals surface area contributed by atoms with Crippen LogP contribution in [0.15, 0.2) is 52.0 Å². The highest BCUT2D eigenvalue weighted by Crippen LogP contribution is 2.47. The number of nitriles is 1. The topological polar surface area (TPSA) is 109 Å². The minimum atomic E-state index is -0.741. The molecule has 32 heavy (non-hydrogen) atoms. The number of ether oxygens (including phenoxy) is 4. The molecule has 4 heterocycles. The van der Waals surface area contributed by atoms with E-state index in [1.54, 1.807) is 34.1 Å². The van der Waals surface area contributed by atoms with Crippen molar-refractivity contribution in [2.75, 3.05) is 13.9 Å². The van der Waals surface area contributed by atoms with Gasteiger partial charge in [0.2, 0.25) is 18.4 Å². The van der Waals surface area contributed by atoms with Crippen molar-refractivity contribution in [3.8, 4) is 29.1 Å². The van der Waals surface area contributed by atoms with Crippen molar-refractivity contribution in [3.63, 3.8) is 0 Å². The third-order valence-electron chi connectivity index (χ3n) is 5.60. The van der Waals surface area contributed by atoms with Gasteiger partial charge in [0.1, 0.15) is 17.4 Å². The number of rotatable bonds is 4. The summed E-state index contributed by atoms with van der Waals surface area (Å²) >= 11 is 1.57. The van der Waals surface area contributed by atoms with Gasteiger partial charge in [0.15, 0.2) is 11.5 Å². The highest BCUT2D eigenvalue weighted by Gasteiger charge is 2.36. The summed E-state index contributed by atoms with van der Waals surface area (Å²) < 4.78 is 23.9. The second-order valence-electron chi connectivity index (χ2n) is 7.42. The van der Waals surface area contributed by atoms with Crippen LogP contribution in [-0.4, -0.2) is 18.5 Å². The van der Waals surface area contributed by atoms with E-state index in [1.807, 2.05) is 24.4 Å². The first kappa shape index (κ1) is 20.0. The van der Waals surface area contributed by atoms with Crippen molar-refractivity contribution in [1.29, 1.82) is 5.26 Å². The number of methoxy groups -OCH3 is 1. The zero-order chi connectivity index (χ0) is 22.4. The molecule has 2 aliphatic rings. The first-order chi connectivity index (χ1) is 15.5. The molecule has 0 saturated heterocycles. The number of pyridine rings is 1. The molecule has 0 amide bonds. The third kappa shape index (κ3) is 3.08. The van der Waals surface area contributed by atoms with Crippen molar-refractivity contribution in [3.05, 3.63) is 79.2 Å². The molecule has 0 bridgehead atoms. The molecule has 1 aromatic carbocycles. The van der Waals surface area contributed by atoms with E-state index in [1.165, 1.54) is 7.11 Å². The van der Waals surface area contributed by atoms with Crippen LogP contribution >= 0.6 is 11.3 Å². The predicted molar refractivity (Wildman–Crippen MR) is 117 cm³/mol. The van der Waals surface area contributed by atoms with Crippen LogP contribution < -0.4 is 30.2 Å². The molecule has 5 rings (SSSR count). The third-order valence-corrected chi connectivity index (χ3v) is 6.46. The summed E-state index contributed by atoms with van der Waals surface area (Å²) in [6.07, 6.45) is 0. The zero-order valence-corrected chi connectivity index (χ0v) is 18.2. The van der Waals surface area contributed by atoms with Crippen LogP contribution in [-0.2, 0) is 6.54 Å². The Bertz CT molecular complexity index is 1350. The van der Waals surface area contributed by atoms with Gasteiger partial charge in [-0.3, -0.25) is 4.79 Å². The molecule has 0 spiro atoms. The first-order valence-corrected chi connectivity index (χ1v) is 10.7. The highest BCUT2D eigenvalue weighted by molar-refractivity contribution is 7.09. The van der Waals surface area contributed by atoms with Gasteiger partial charge in [-0.1, -0.05) is 6.07 Å². The SMILES string of the molecule is COc1cc(C2C(C#N)=C(N)Oc3cc(C)n(Cc4cccs4)c(=O)c32)cc2c1OCO2. The van der Waals surface area contributed by atoms with Gasteiger partial charge in [-0.05, 0) is 36.1 Å². The fourth-order valence-corrected chi connectivity index (χ4v) is 4.78. The summed E-state index contributed by atoms with van der Waals surface area (Å²) in [6.45, 7) is 2.33. The van der Waals surface area contributed by atoms with E-state index in [4.69, 9.17) is 24.7 Å². The first-order valence-electron chi connectivity index (χ1n) is 9.83. The number of aryl methyl sites for hydroxylation is 1. The lowest BCUT2D eigenvalue weighted by Gasteiger charge is -2.27. The average molecular weight is 449 g/mol. The predicted octanol–water partition coefficient (Wildman–Crippen LogP) is 3.22. The van der Waals surface area contributed by atoms with E-state index in [0.29, 0.717) is 40.7 Å². The molecule has 2 N–H and O–H groups in total. The van der Waals surface area contributed by atoms with Gasteiger partial charge in [0.25, 0.3) is 5.56 Å². The van der Waals surface area contributed by atoms with E-state index in [0.717, 1.165) is 10.6 Å². The Morgan fingerprint density at radius 3 is 2.88 bits per heavy atom. The fourth-order valence-electron chi connectivity index (χ4n) is 4.09. The Morgan fingerprint density at radius 1 is 1.31 bits per heavy atom. The van der Waals surface area contributed by atoms with E-state index in [-0.39, 0.29) is 23.8 Å². The maximum absolute atomic E-state index is 13.7. The summed E-state index contributed by atoms with van der Waals surface area (Å²) in [6, 6.07) is 11.3. The van der Waals surface area contributed by atoms with Gasteiger partial charge in [0, 0.05) is 16.6 Å². The zero-order valence-electron chi connectivity index (χ0n) is 17.4. The molecule has 0 radical (unpaired) electrons. The molecule has 0 saturated carbocycles. The smallest absolute Gasteiger partial charge is 0.259 e. The van der Waals surface area contributed by atoms with Gasteiger partial charge < -0.3 is 29.2 Å². The Labute approximate surface area is 187 Å². The maximum Gasteiger partial charge on any atom is 0.259 e. The van der Waals surface area contributed by atoms with Crippen LogP contribution in [0.3, 0.4) is 0 Å². The molecule has 2 aromatic heterocycles. The normalized spacial score (nSPS) is 16.3. The lowest BCUT2D eigenvalue weighted by atomic mass is 9.83. The fraction of sp³-hybridized carbons (Fsp3) is 0.217. The van der Waals surface area contributed by atoms with Crippen LogP contribution in [0.25, 0.3) is 0 Å². The summed E-state index contributed by atoms with van der Waals surface area (Å²) in [5, 5.41) is 11.9. The summed E-state index contributed by atoms with van der Waals surface area (Å²) in [5.41, 5.74) is 7.72. The molecular formula is C23H19N3O5S. The standard InChI is InChI=1S/C23H19N3O5S/c1-12-6-16-20(23(27)26(12)10-14-4-3-5-32-14)19(15(9-24)22(25)31-16)13-7-17(28-2)21-18(8-13)29-11-30-21/h3-8,19H,10-11,25H2,1-2H3. The average Bonchev–Trinajstić information content (AvgIpc) is 3.46. The second kappa shape index (κ2) is 7.66. The van der Waals surface area contributed by atoms with Crippen molar-refractivity contribution in [1.82, 2.24) is 4.57 Å². The van der Waals surface area contributed by atoms with Gasteiger partial charge in [0.05, 0.1) is 25.1 Å². The summed E-state index contributed by atoms with van der Waals surface area (Å²) in [4.78, 5) is 14.8. The molecular weight excluding hydrogens is 430 g/mol. The van der Waals surface area contributed by atoms with E-state index in [2.05, 4.69) is 6.07 Å². The van der Waals surface area contributed by atoms with Gasteiger partial charge in [-0.25, -0.2) is 0 Å². The number of hydrogen-bond donors (Lipinski definition) is 1. The van der Waals surface area contributed by atoms with Crippen LogP contribution in [0, 0.1) is 18.3 Å². The Hall–Kier alpha value is -3.90. The Kier molecular flexibility index (Phi) is 4.79. The number of allylic oxidation sites excluding steroid dienone is 1. The molecule has 162 valence electrons. The lowest BCUT2D eigenvalue weighted by Crippen LogP contribution is -2.32. The maximum atomic E-state index is 13.7. The van der Waals surface area contributed by atoms with Crippen molar-refractivity contribution in [2.45, 2.75) is 19.4 Å². The Morgan fingerprint density at radius 2 is 2.16 bits per heavy atom. The van der Waals surface area contributed by atoms with Crippen molar-refractivity contribution >= 4 is 11.3 Å². The number of aromatic nitrogens is 1. The molecule has 3 aromatic rings. The molecule has 1 atom stereocenters. The molecule has 9 heteroatoms. The van der Waals surface area contributed by atoms with Gasteiger partial charge in [-0.2, -0.15) is 5.26 Å². The molecule has 1 unspecified atom stereocenters. The number of hydrogen-bond acceptors (Lipinski definition) is 8. The molecule has 0 fully saturated rings. The van der Waals surface area contributed by atoms with Crippen molar-refractivity contribution < 1.29 is 18.9 Å². The molecule has 2 aliphatic heterocycles. The summed E-state index contributed by atoms with van der Waals surface area (Å²) in [7, 11) is 1.52. The van der Waals surface area contributed by atoms with E-state index < -0.39 is 5.92 Å². The largest absolute Gasteiger partial charge is 0.493 e. The Balaban J connectivity index is 1.74. The number of fused-ring (bicyclic) bond motifs is 2. The van der Waals surface area contributed by atoms with E-state index >= 15 is 0 Å². The van der Waals surface area contributed by atoms with Crippen LogP contribution in [0.1, 0.15) is 27.6 Å². The number of nitrogens with zero attached hydrogens (tertiary/aromatic N) is 2. The number of thiophene rings is 1. The highest BCUT2D eigenvalue weighted by atomic mass is 32.1. The second-order valence-corrected chi connectivity index (χ2v) is 8.45. The van der Waals surface area contributed by atoms with Crippen LogP contribution in [0.5, 0.6) is 23.0 Å². The molecule has 8 nitrogen and oxygen atoms in total. The van der Waals surface area contributed by atoms with Crippen LogP contribution in [0.4, 0.5) is 0 Å². The van der Waals surface area contributed by atoms with Gasteiger partial charge >= 0.3 is 0 Å². The molecule has 0 aliphatic carbocycles. The monoisotopic (exact) mass is 449 g/mol. The van der Waals surface area contributed by atoms with Crippen molar-refractivity contribution in [2.24, 2.45) is 5.73 Å². The minimum absolute atomic E-state index is 0.0311. The number of nitrogens with two attached hydrogens (primary N) is 1. The lowest BCUT2D eigenvalue weighted by molar-refractivity contribution is 0.171. The van der Waals surface area contributed by atoms with E-state index in [9.17, 15) is 10.1 Å².